The molecule has 3 heterocycles. The van der Waals surface area contributed by atoms with Crippen molar-refractivity contribution in [1.82, 2.24) is 25.0 Å². The summed E-state index contributed by atoms with van der Waals surface area (Å²) in [5.74, 6) is 1.04. The normalized spacial score (nSPS) is 15.4. The highest BCUT2D eigenvalue weighted by molar-refractivity contribution is 9.10. The zero-order valence-electron chi connectivity index (χ0n) is 12.6. The standard InChI is InChI=1S/C16H13BrFN5O/c17-12-5-10(1-2-13(12)18)7-23-8-11(9-23)16-21-15(22-24-16)14-6-19-3-4-20-14/h1-6,11H,7-9H2. The zero-order valence-corrected chi connectivity index (χ0v) is 14.1. The first-order valence-corrected chi connectivity index (χ1v) is 8.24. The van der Waals surface area contributed by atoms with Gasteiger partial charge in [-0.05, 0) is 33.6 Å². The van der Waals surface area contributed by atoms with Crippen LogP contribution in [0.1, 0.15) is 17.4 Å². The maximum Gasteiger partial charge on any atom is 0.232 e. The number of halogens is 2. The van der Waals surface area contributed by atoms with Gasteiger partial charge in [-0.1, -0.05) is 11.2 Å². The van der Waals surface area contributed by atoms with Crippen LogP contribution in [0.15, 0.2) is 45.8 Å². The minimum atomic E-state index is -0.248. The fraction of sp³-hybridized carbons (Fsp3) is 0.250. The number of likely N-dealkylation sites (tertiary alicyclic amines) is 1. The largest absolute Gasteiger partial charge is 0.339 e. The summed E-state index contributed by atoms with van der Waals surface area (Å²) in [5, 5.41) is 3.96. The fourth-order valence-corrected chi connectivity index (χ4v) is 3.10. The summed E-state index contributed by atoms with van der Waals surface area (Å²) >= 11 is 3.21. The first-order valence-electron chi connectivity index (χ1n) is 7.45. The van der Waals surface area contributed by atoms with E-state index in [9.17, 15) is 4.39 Å². The highest BCUT2D eigenvalue weighted by Crippen LogP contribution is 2.29. The lowest BCUT2D eigenvalue weighted by atomic mass is 9.99. The summed E-state index contributed by atoms with van der Waals surface area (Å²) in [6.45, 7) is 2.43. The highest BCUT2D eigenvalue weighted by atomic mass is 79.9. The van der Waals surface area contributed by atoms with Gasteiger partial charge in [-0.2, -0.15) is 4.98 Å². The molecule has 6 nitrogen and oxygen atoms in total. The Labute approximate surface area is 145 Å². The van der Waals surface area contributed by atoms with Gasteiger partial charge >= 0.3 is 0 Å². The molecule has 122 valence electrons. The Morgan fingerprint density at radius 2 is 2.17 bits per heavy atom. The Balaban J connectivity index is 1.37. The van der Waals surface area contributed by atoms with Crippen molar-refractivity contribution >= 4 is 15.9 Å². The number of hydrogen-bond donors (Lipinski definition) is 0. The molecule has 3 aromatic rings. The third-order valence-electron chi connectivity index (χ3n) is 3.93. The summed E-state index contributed by atoms with van der Waals surface area (Å²) in [5.41, 5.74) is 1.66. The second kappa shape index (κ2) is 6.37. The SMILES string of the molecule is Fc1ccc(CN2CC(c3nc(-c4cnccn4)no3)C2)cc1Br. The summed E-state index contributed by atoms with van der Waals surface area (Å²) in [7, 11) is 0. The molecule has 0 bridgehead atoms. The molecule has 1 fully saturated rings. The molecule has 0 saturated carbocycles. The van der Waals surface area contributed by atoms with Crippen LogP contribution in [0.5, 0.6) is 0 Å². The summed E-state index contributed by atoms with van der Waals surface area (Å²) in [4.78, 5) is 14.8. The molecule has 0 aliphatic carbocycles. The maximum absolute atomic E-state index is 13.3. The molecule has 24 heavy (non-hydrogen) atoms. The lowest BCUT2D eigenvalue weighted by molar-refractivity contribution is 0.117. The van der Waals surface area contributed by atoms with Crippen LogP contribution < -0.4 is 0 Å². The Hall–Kier alpha value is -2.19. The van der Waals surface area contributed by atoms with E-state index in [2.05, 4.69) is 40.9 Å². The van der Waals surface area contributed by atoms with Crippen LogP contribution >= 0.6 is 15.9 Å². The van der Waals surface area contributed by atoms with Gasteiger partial charge in [-0.25, -0.2) is 9.37 Å². The molecule has 8 heteroatoms. The van der Waals surface area contributed by atoms with Crippen LogP contribution in [-0.4, -0.2) is 38.1 Å². The molecule has 0 N–H and O–H groups in total. The monoisotopic (exact) mass is 389 g/mol. The minimum absolute atomic E-state index is 0.215. The summed E-state index contributed by atoms with van der Waals surface area (Å²) in [6, 6.07) is 5.08. The van der Waals surface area contributed by atoms with E-state index in [1.54, 1.807) is 24.7 Å². The van der Waals surface area contributed by atoms with E-state index in [1.807, 2.05) is 6.07 Å². The highest BCUT2D eigenvalue weighted by Gasteiger charge is 2.32. The predicted octanol–water partition coefficient (Wildman–Crippen LogP) is 3.03. The van der Waals surface area contributed by atoms with Gasteiger partial charge in [0.2, 0.25) is 11.7 Å². The van der Waals surface area contributed by atoms with Gasteiger partial charge in [0, 0.05) is 32.0 Å². The second-order valence-electron chi connectivity index (χ2n) is 5.69. The first kappa shape index (κ1) is 15.3. The molecule has 1 aliphatic rings. The Kier molecular flexibility index (Phi) is 4.07. The van der Waals surface area contributed by atoms with E-state index in [0.29, 0.717) is 21.9 Å². The van der Waals surface area contributed by atoms with Crippen molar-refractivity contribution in [3.05, 3.63) is 58.5 Å². The van der Waals surface area contributed by atoms with Crippen LogP contribution in [0, 0.1) is 5.82 Å². The van der Waals surface area contributed by atoms with Gasteiger partial charge in [0.25, 0.3) is 0 Å². The van der Waals surface area contributed by atoms with Crippen molar-refractivity contribution in [3.63, 3.8) is 0 Å². The van der Waals surface area contributed by atoms with Crippen LogP contribution in [0.25, 0.3) is 11.5 Å². The topological polar surface area (TPSA) is 67.9 Å². The van der Waals surface area contributed by atoms with Crippen LogP contribution in [0.2, 0.25) is 0 Å². The van der Waals surface area contributed by atoms with Gasteiger partial charge in [0.05, 0.1) is 16.6 Å². The lowest BCUT2D eigenvalue weighted by Crippen LogP contribution is -2.44. The Bertz CT molecular complexity index is 851. The molecule has 0 radical (unpaired) electrons. The number of aromatic nitrogens is 4. The smallest absolute Gasteiger partial charge is 0.232 e. The Morgan fingerprint density at radius 1 is 1.29 bits per heavy atom. The third kappa shape index (κ3) is 3.07. The Morgan fingerprint density at radius 3 is 2.92 bits per heavy atom. The van der Waals surface area contributed by atoms with Crippen LogP contribution in [-0.2, 0) is 6.54 Å². The van der Waals surface area contributed by atoms with Crippen LogP contribution in [0.4, 0.5) is 4.39 Å². The lowest BCUT2D eigenvalue weighted by Gasteiger charge is -2.37. The van der Waals surface area contributed by atoms with Crippen molar-refractivity contribution < 1.29 is 8.91 Å². The van der Waals surface area contributed by atoms with Gasteiger partial charge in [0.1, 0.15) is 11.5 Å². The van der Waals surface area contributed by atoms with Crippen LogP contribution in [0.3, 0.4) is 0 Å². The van der Waals surface area contributed by atoms with Gasteiger partial charge in [-0.3, -0.25) is 9.88 Å². The number of nitrogens with zero attached hydrogens (tertiary/aromatic N) is 5. The van der Waals surface area contributed by atoms with Gasteiger partial charge in [-0.15, -0.1) is 0 Å². The molecule has 1 aliphatic heterocycles. The molecule has 1 aromatic carbocycles. The summed E-state index contributed by atoms with van der Waals surface area (Å²) in [6.07, 6.45) is 4.80. The molecular formula is C16H13BrFN5O. The molecule has 4 rings (SSSR count). The molecule has 2 aromatic heterocycles. The van der Waals surface area contributed by atoms with Gasteiger partial charge < -0.3 is 4.52 Å². The van der Waals surface area contributed by atoms with Crippen molar-refractivity contribution in [3.8, 4) is 11.5 Å². The average molecular weight is 390 g/mol. The predicted molar refractivity (Wildman–Crippen MR) is 87.4 cm³/mol. The molecule has 0 amide bonds. The van der Waals surface area contributed by atoms with E-state index in [1.165, 1.54) is 6.07 Å². The van der Waals surface area contributed by atoms with E-state index >= 15 is 0 Å². The summed E-state index contributed by atoms with van der Waals surface area (Å²) < 4.78 is 19.1. The van der Waals surface area contributed by atoms with Gasteiger partial charge in [0.15, 0.2) is 0 Å². The molecular weight excluding hydrogens is 377 g/mol. The van der Waals surface area contributed by atoms with Crippen molar-refractivity contribution in [2.75, 3.05) is 13.1 Å². The maximum atomic E-state index is 13.3. The first-order chi connectivity index (χ1) is 11.7. The molecule has 1 saturated heterocycles. The number of hydrogen-bond acceptors (Lipinski definition) is 6. The third-order valence-corrected chi connectivity index (χ3v) is 4.54. The van der Waals surface area contributed by atoms with Crippen molar-refractivity contribution in [1.29, 1.82) is 0 Å². The van der Waals surface area contributed by atoms with E-state index in [-0.39, 0.29) is 11.7 Å². The molecule has 0 spiro atoms. The van der Waals surface area contributed by atoms with Crippen molar-refractivity contribution in [2.45, 2.75) is 12.5 Å². The molecule has 0 atom stereocenters. The van der Waals surface area contributed by atoms with E-state index < -0.39 is 0 Å². The number of benzene rings is 1. The average Bonchev–Trinajstić information content (AvgIpc) is 3.04. The quantitative estimate of drug-likeness (QED) is 0.682. The number of rotatable bonds is 4. The second-order valence-corrected chi connectivity index (χ2v) is 6.54. The zero-order chi connectivity index (χ0) is 16.5. The fourth-order valence-electron chi connectivity index (χ4n) is 2.67. The van der Waals surface area contributed by atoms with E-state index in [0.717, 1.165) is 25.2 Å². The van der Waals surface area contributed by atoms with Crippen molar-refractivity contribution in [2.24, 2.45) is 0 Å². The molecule has 0 unspecified atom stereocenters. The van der Waals surface area contributed by atoms with E-state index in [4.69, 9.17) is 4.52 Å². The minimum Gasteiger partial charge on any atom is -0.339 e.